The minimum Gasteiger partial charge on any atom is -0.489 e. The van der Waals surface area contributed by atoms with E-state index in [1.807, 2.05) is 11.8 Å². The van der Waals surface area contributed by atoms with E-state index in [0.29, 0.717) is 6.61 Å². The summed E-state index contributed by atoms with van der Waals surface area (Å²) in [5.41, 5.74) is 8.05. The van der Waals surface area contributed by atoms with Crippen LogP contribution in [0.5, 0.6) is 5.75 Å². The maximum atomic E-state index is 6.00. The van der Waals surface area contributed by atoms with Crippen molar-refractivity contribution < 1.29 is 4.74 Å². The quantitative estimate of drug-likeness (QED) is 0.591. The third-order valence-corrected chi connectivity index (χ3v) is 6.09. The molecule has 0 radical (unpaired) electrons. The van der Waals surface area contributed by atoms with Crippen LogP contribution < -0.4 is 4.74 Å². The Labute approximate surface area is 139 Å². The zero-order valence-electron chi connectivity index (χ0n) is 13.2. The summed E-state index contributed by atoms with van der Waals surface area (Å²) >= 11 is 1.93. The van der Waals surface area contributed by atoms with Crippen LogP contribution in [0.2, 0.25) is 0 Å². The van der Waals surface area contributed by atoms with Crippen LogP contribution in [0.4, 0.5) is 0 Å². The number of para-hydroxylation sites is 1. The Morgan fingerprint density at radius 3 is 2.91 bits per heavy atom. The molecule has 0 fully saturated rings. The van der Waals surface area contributed by atoms with Crippen molar-refractivity contribution in [1.82, 2.24) is 4.57 Å². The van der Waals surface area contributed by atoms with Crippen LogP contribution in [-0.4, -0.2) is 16.9 Å². The van der Waals surface area contributed by atoms with E-state index in [1.54, 1.807) is 0 Å². The van der Waals surface area contributed by atoms with Gasteiger partial charge in [-0.15, -0.1) is 11.8 Å². The molecule has 114 valence electrons. The van der Waals surface area contributed by atoms with E-state index in [2.05, 4.69) is 61.0 Å². The van der Waals surface area contributed by atoms with Gasteiger partial charge in [0.15, 0.2) is 0 Å². The first-order valence-corrected chi connectivity index (χ1v) is 8.89. The molecule has 0 saturated heterocycles. The fourth-order valence-electron chi connectivity index (χ4n) is 3.75. The van der Waals surface area contributed by atoms with Gasteiger partial charge in [0.1, 0.15) is 12.4 Å². The van der Waals surface area contributed by atoms with Crippen LogP contribution in [0.3, 0.4) is 0 Å². The van der Waals surface area contributed by atoms with E-state index in [0.717, 1.165) is 11.5 Å². The summed E-state index contributed by atoms with van der Waals surface area (Å²) in [7, 11) is 2.18. The SMILES string of the molecule is Cc1ccc2c(c1)C1=C(CO2)CSc2c1c1ccccc1n2C. The topological polar surface area (TPSA) is 14.2 Å². The zero-order chi connectivity index (χ0) is 15.6. The van der Waals surface area contributed by atoms with Crippen molar-refractivity contribution in [3.63, 3.8) is 0 Å². The first-order valence-electron chi connectivity index (χ1n) is 7.90. The van der Waals surface area contributed by atoms with Crippen molar-refractivity contribution in [1.29, 1.82) is 0 Å². The van der Waals surface area contributed by atoms with Gasteiger partial charge in [-0.25, -0.2) is 0 Å². The van der Waals surface area contributed by atoms with Gasteiger partial charge < -0.3 is 9.30 Å². The summed E-state index contributed by atoms with van der Waals surface area (Å²) in [5, 5.41) is 2.72. The van der Waals surface area contributed by atoms with Crippen molar-refractivity contribution in [3.8, 4) is 5.75 Å². The largest absolute Gasteiger partial charge is 0.489 e. The van der Waals surface area contributed by atoms with Gasteiger partial charge in [0, 0.05) is 34.8 Å². The molecular weight excluding hydrogens is 302 g/mol. The van der Waals surface area contributed by atoms with Crippen molar-refractivity contribution >= 4 is 28.2 Å². The highest BCUT2D eigenvalue weighted by molar-refractivity contribution is 7.99. The summed E-state index contributed by atoms with van der Waals surface area (Å²) in [4.78, 5) is 0. The Morgan fingerprint density at radius 1 is 1.13 bits per heavy atom. The van der Waals surface area contributed by atoms with Crippen LogP contribution in [0.25, 0.3) is 16.5 Å². The first-order chi connectivity index (χ1) is 11.2. The predicted octanol–water partition coefficient (Wildman–Crippen LogP) is 4.79. The molecule has 0 spiro atoms. The second kappa shape index (κ2) is 4.68. The van der Waals surface area contributed by atoms with Crippen LogP contribution in [0.1, 0.15) is 16.7 Å². The van der Waals surface area contributed by atoms with Crippen LogP contribution >= 0.6 is 11.8 Å². The lowest BCUT2D eigenvalue weighted by Crippen LogP contribution is -2.17. The molecule has 3 heteroatoms. The maximum Gasteiger partial charge on any atom is 0.127 e. The van der Waals surface area contributed by atoms with Crippen molar-refractivity contribution in [2.75, 3.05) is 12.4 Å². The highest BCUT2D eigenvalue weighted by Gasteiger charge is 2.30. The highest BCUT2D eigenvalue weighted by atomic mass is 32.2. The van der Waals surface area contributed by atoms with E-state index in [9.17, 15) is 0 Å². The molecular formula is C20H17NOS. The van der Waals surface area contributed by atoms with Crippen LogP contribution in [0.15, 0.2) is 53.1 Å². The Morgan fingerprint density at radius 2 is 2.00 bits per heavy atom. The average molecular weight is 319 g/mol. The number of hydrogen-bond acceptors (Lipinski definition) is 2. The van der Waals surface area contributed by atoms with Gasteiger partial charge >= 0.3 is 0 Å². The predicted molar refractivity (Wildman–Crippen MR) is 96.3 cm³/mol. The second-order valence-corrected chi connectivity index (χ2v) is 7.28. The summed E-state index contributed by atoms with van der Waals surface area (Å²) < 4.78 is 8.34. The average Bonchev–Trinajstić information content (AvgIpc) is 2.88. The number of ether oxygens (including phenoxy) is 1. The van der Waals surface area contributed by atoms with E-state index in [4.69, 9.17) is 4.74 Å². The van der Waals surface area contributed by atoms with Gasteiger partial charge in [-0.1, -0.05) is 29.8 Å². The number of thioether (sulfide) groups is 1. The third-order valence-electron chi connectivity index (χ3n) is 4.85. The Kier molecular flexibility index (Phi) is 2.71. The molecule has 0 aliphatic carbocycles. The fourth-order valence-corrected chi connectivity index (χ4v) is 4.94. The van der Waals surface area contributed by atoms with E-state index >= 15 is 0 Å². The van der Waals surface area contributed by atoms with Crippen molar-refractivity contribution in [2.45, 2.75) is 11.9 Å². The maximum absolute atomic E-state index is 6.00. The van der Waals surface area contributed by atoms with Crippen molar-refractivity contribution in [3.05, 3.63) is 64.7 Å². The standard InChI is InChI=1S/C20H17NOS/c1-12-7-8-17-15(9-12)18-13(10-22-17)11-23-20-19(18)14-5-3-4-6-16(14)21(20)2/h3-9H,10-11H2,1-2H3. The molecule has 0 saturated carbocycles. The van der Waals surface area contributed by atoms with Crippen molar-refractivity contribution in [2.24, 2.45) is 7.05 Å². The minimum absolute atomic E-state index is 0.709. The number of aryl methyl sites for hydroxylation is 2. The summed E-state index contributed by atoms with van der Waals surface area (Å²) in [5.74, 6) is 2.03. The first kappa shape index (κ1) is 13.3. The van der Waals surface area contributed by atoms with Gasteiger partial charge in [-0.05, 0) is 36.3 Å². The molecule has 1 aromatic heterocycles. The van der Waals surface area contributed by atoms with E-state index in [1.165, 1.54) is 43.8 Å². The normalized spacial score (nSPS) is 15.9. The number of fused-ring (bicyclic) bond motifs is 6. The van der Waals surface area contributed by atoms with E-state index in [-0.39, 0.29) is 0 Å². The molecule has 2 aromatic carbocycles. The van der Waals surface area contributed by atoms with Gasteiger partial charge in [0.25, 0.3) is 0 Å². The molecule has 5 rings (SSSR count). The molecule has 3 heterocycles. The second-order valence-electron chi connectivity index (χ2n) is 6.31. The molecule has 3 aromatic rings. The van der Waals surface area contributed by atoms with Gasteiger partial charge in [-0.2, -0.15) is 0 Å². The molecule has 0 unspecified atom stereocenters. The minimum atomic E-state index is 0.709. The molecule has 2 aliphatic rings. The Bertz CT molecular complexity index is 996. The van der Waals surface area contributed by atoms with Gasteiger partial charge in [0.05, 0.1) is 5.03 Å². The monoisotopic (exact) mass is 319 g/mol. The third kappa shape index (κ3) is 1.77. The summed E-state index contributed by atoms with van der Waals surface area (Å²) in [6.07, 6.45) is 0. The lowest BCUT2D eigenvalue weighted by Gasteiger charge is -2.28. The molecule has 2 aliphatic heterocycles. The molecule has 2 nitrogen and oxygen atoms in total. The van der Waals surface area contributed by atoms with Gasteiger partial charge in [0.2, 0.25) is 0 Å². The summed E-state index contributed by atoms with van der Waals surface area (Å²) in [6.45, 7) is 2.86. The lowest BCUT2D eigenvalue weighted by molar-refractivity contribution is 0.346. The number of rotatable bonds is 0. The number of benzene rings is 2. The van der Waals surface area contributed by atoms with Crippen LogP contribution in [0, 0.1) is 6.92 Å². The number of aromatic nitrogens is 1. The number of nitrogens with zero attached hydrogens (tertiary/aromatic N) is 1. The molecule has 0 N–H and O–H groups in total. The Hall–Kier alpha value is -2.13. The molecule has 0 atom stereocenters. The number of hydrogen-bond donors (Lipinski definition) is 0. The van der Waals surface area contributed by atoms with Gasteiger partial charge in [-0.3, -0.25) is 0 Å². The fraction of sp³-hybridized carbons (Fsp3) is 0.200. The lowest BCUT2D eigenvalue weighted by atomic mass is 9.90. The smallest absolute Gasteiger partial charge is 0.127 e. The summed E-state index contributed by atoms with van der Waals surface area (Å²) in [6, 6.07) is 15.2. The molecule has 0 bridgehead atoms. The van der Waals surface area contributed by atoms with Crippen LogP contribution in [-0.2, 0) is 7.05 Å². The molecule has 0 amide bonds. The molecule has 23 heavy (non-hydrogen) atoms. The highest BCUT2D eigenvalue weighted by Crippen LogP contribution is 2.49. The van der Waals surface area contributed by atoms with E-state index < -0.39 is 0 Å². The Balaban J connectivity index is 1.89. The zero-order valence-corrected chi connectivity index (χ0v) is 14.0.